The minimum Gasteiger partial charge on any atom is -0.360 e. The molecule has 0 saturated carbocycles. The van der Waals surface area contributed by atoms with E-state index in [1.165, 1.54) is 5.56 Å². The van der Waals surface area contributed by atoms with Crippen molar-refractivity contribution in [3.63, 3.8) is 0 Å². The van der Waals surface area contributed by atoms with Crippen LogP contribution in [0.5, 0.6) is 0 Å². The molecule has 0 fully saturated rings. The first-order chi connectivity index (χ1) is 11.6. The molecule has 0 bridgehead atoms. The van der Waals surface area contributed by atoms with Crippen molar-refractivity contribution in [3.8, 4) is 6.07 Å². The standard InChI is InChI=1S/C21H18N2O/c1-14(2)16-9-7-15(8-10-16)11-17(12-22)21(24)19-13-23-20-6-4-3-5-18(19)20/h3-11,13-14,23H,1-2H3/b17-11+. The van der Waals surface area contributed by atoms with Crippen molar-refractivity contribution in [2.24, 2.45) is 0 Å². The number of aromatic amines is 1. The maximum absolute atomic E-state index is 12.7. The van der Waals surface area contributed by atoms with Crippen LogP contribution in [0, 0.1) is 11.3 Å². The van der Waals surface area contributed by atoms with Gasteiger partial charge in [0, 0.05) is 22.7 Å². The van der Waals surface area contributed by atoms with Gasteiger partial charge in [0.25, 0.3) is 0 Å². The smallest absolute Gasteiger partial charge is 0.205 e. The highest BCUT2D eigenvalue weighted by Gasteiger charge is 2.16. The van der Waals surface area contributed by atoms with Crippen molar-refractivity contribution in [1.29, 1.82) is 5.26 Å². The van der Waals surface area contributed by atoms with E-state index in [0.29, 0.717) is 11.5 Å². The molecule has 3 heteroatoms. The average Bonchev–Trinajstić information content (AvgIpc) is 3.03. The summed E-state index contributed by atoms with van der Waals surface area (Å²) >= 11 is 0. The number of nitriles is 1. The zero-order chi connectivity index (χ0) is 17.1. The van der Waals surface area contributed by atoms with Crippen LogP contribution in [0.2, 0.25) is 0 Å². The molecule has 118 valence electrons. The lowest BCUT2D eigenvalue weighted by atomic mass is 9.99. The van der Waals surface area contributed by atoms with Gasteiger partial charge in [-0.1, -0.05) is 56.3 Å². The molecule has 1 heterocycles. The highest BCUT2D eigenvalue weighted by atomic mass is 16.1. The van der Waals surface area contributed by atoms with E-state index in [0.717, 1.165) is 16.5 Å². The van der Waals surface area contributed by atoms with Gasteiger partial charge in [-0.15, -0.1) is 0 Å². The van der Waals surface area contributed by atoms with Gasteiger partial charge in [0.2, 0.25) is 5.78 Å². The fourth-order valence-electron chi connectivity index (χ4n) is 2.70. The number of fused-ring (bicyclic) bond motifs is 1. The predicted octanol–water partition coefficient (Wildman–Crippen LogP) is 5.08. The van der Waals surface area contributed by atoms with Crippen LogP contribution < -0.4 is 0 Å². The normalized spacial score (nSPS) is 11.7. The molecule has 0 radical (unpaired) electrons. The summed E-state index contributed by atoms with van der Waals surface area (Å²) in [4.78, 5) is 15.8. The molecule has 3 rings (SSSR count). The van der Waals surface area contributed by atoms with Crippen molar-refractivity contribution in [2.45, 2.75) is 19.8 Å². The fraction of sp³-hybridized carbons (Fsp3) is 0.143. The molecule has 1 N–H and O–H groups in total. The Morgan fingerprint density at radius 3 is 2.50 bits per heavy atom. The topological polar surface area (TPSA) is 56.6 Å². The van der Waals surface area contributed by atoms with E-state index in [2.05, 4.69) is 18.8 Å². The molecule has 24 heavy (non-hydrogen) atoms. The SMILES string of the molecule is CC(C)c1ccc(/C=C(\C#N)C(=O)c2c[nH]c3ccccc23)cc1. The summed E-state index contributed by atoms with van der Waals surface area (Å²) in [5.41, 5.74) is 3.63. The summed E-state index contributed by atoms with van der Waals surface area (Å²) in [6, 6.07) is 17.6. The van der Waals surface area contributed by atoms with Gasteiger partial charge in [-0.25, -0.2) is 0 Å². The van der Waals surface area contributed by atoms with Crippen LogP contribution in [0.15, 0.2) is 60.3 Å². The van der Waals surface area contributed by atoms with E-state index >= 15 is 0 Å². The van der Waals surface area contributed by atoms with Crippen LogP contribution in [0.1, 0.15) is 41.3 Å². The molecule has 0 unspecified atom stereocenters. The number of nitrogens with zero attached hydrogens (tertiary/aromatic N) is 1. The number of rotatable bonds is 4. The van der Waals surface area contributed by atoms with Crippen LogP contribution in [0.4, 0.5) is 0 Å². The van der Waals surface area contributed by atoms with Gasteiger partial charge < -0.3 is 4.98 Å². The Morgan fingerprint density at radius 1 is 1.12 bits per heavy atom. The predicted molar refractivity (Wildman–Crippen MR) is 96.8 cm³/mol. The van der Waals surface area contributed by atoms with Crippen LogP contribution in [0.3, 0.4) is 0 Å². The number of benzene rings is 2. The lowest BCUT2D eigenvalue weighted by molar-refractivity contribution is 0.104. The van der Waals surface area contributed by atoms with E-state index in [-0.39, 0.29) is 11.4 Å². The maximum atomic E-state index is 12.7. The summed E-state index contributed by atoms with van der Waals surface area (Å²) < 4.78 is 0. The largest absolute Gasteiger partial charge is 0.360 e. The molecule has 2 aromatic carbocycles. The number of ketones is 1. The molecule has 0 atom stereocenters. The average molecular weight is 314 g/mol. The van der Waals surface area contributed by atoms with Crippen LogP contribution >= 0.6 is 0 Å². The monoisotopic (exact) mass is 314 g/mol. The van der Waals surface area contributed by atoms with Gasteiger partial charge in [-0.2, -0.15) is 5.26 Å². The molecule has 0 aliphatic carbocycles. The van der Waals surface area contributed by atoms with E-state index in [1.807, 2.05) is 54.6 Å². The quantitative estimate of drug-likeness (QED) is 0.414. The van der Waals surface area contributed by atoms with E-state index in [4.69, 9.17) is 0 Å². The van der Waals surface area contributed by atoms with Gasteiger partial charge in [0.15, 0.2) is 0 Å². The fourth-order valence-corrected chi connectivity index (χ4v) is 2.70. The number of H-pyrrole nitrogens is 1. The van der Waals surface area contributed by atoms with Crippen molar-refractivity contribution in [2.75, 3.05) is 0 Å². The Kier molecular flexibility index (Phi) is 4.31. The molecular formula is C21H18N2O. The molecule has 0 aliphatic rings. The number of aromatic nitrogens is 1. The Balaban J connectivity index is 1.96. The lowest BCUT2D eigenvalue weighted by Gasteiger charge is -2.05. The minimum atomic E-state index is -0.261. The summed E-state index contributed by atoms with van der Waals surface area (Å²) in [7, 11) is 0. The Hall–Kier alpha value is -3.12. The summed E-state index contributed by atoms with van der Waals surface area (Å²) in [6.07, 6.45) is 3.31. The second-order valence-electron chi connectivity index (χ2n) is 6.07. The number of para-hydroxylation sites is 1. The second kappa shape index (κ2) is 6.55. The molecule has 0 amide bonds. The van der Waals surface area contributed by atoms with Gasteiger partial charge in [-0.05, 0) is 29.2 Å². The van der Waals surface area contributed by atoms with Crippen LogP contribution in [-0.2, 0) is 0 Å². The molecule has 0 spiro atoms. The third kappa shape index (κ3) is 3.00. The minimum absolute atomic E-state index is 0.136. The molecule has 3 nitrogen and oxygen atoms in total. The van der Waals surface area contributed by atoms with Gasteiger partial charge in [0.1, 0.15) is 11.6 Å². The Bertz CT molecular complexity index is 953. The molecular weight excluding hydrogens is 296 g/mol. The third-order valence-corrected chi connectivity index (χ3v) is 4.11. The highest BCUT2D eigenvalue weighted by molar-refractivity contribution is 6.19. The number of Topliss-reactive ketones (excluding diaryl/α,β-unsaturated/α-hetero) is 1. The van der Waals surface area contributed by atoms with Gasteiger partial charge in [-0.3, -0.25) is 4.79 Å². The lowest BCUT2D eigenvalue weighted by Crippen LogP contribution is -2.01. The molecule has 3 aromatic rings. The number of nitrogens with one attached hydrogen (secondary N) is 1. The third-order valence-electron chi connectivity index (χ3n) is 4.11. The summed E-state index contributed by atoms with van der Waals surface area (Å²) in [5.74, 6) is 0.189. The van der Waals surface area contributed by atoms with Crippen molar-refractivity contribution < 1.29 is 4.79 Å². The van der Waals surface area contributed by atoms with Crippen LogP contribution in [0.25, 0.3) is 17.0 Å². The van der Waals surface area contributed by atoms with Gasteiger partial charge >= 0.3 is 0 Å². The summed E-state index contributed by atoms with van der Waals surface area (Å²) in [5, 5.41) is 10.3. The number of hydrogen-bond donors (Lipinski definition) is 1. The first-order valence-corrected chi connectivity index (χ1v) is 7.92. The van der Waals surface area contributed by atoms with Crippen LogP contribution in [-0.4, -0.2) is 10.8 Å². The summed E-state index contributed by atoms with van der Waals surface area (Å²) in [6.45, 7) is 4.26. The molecule has 0 aliphatic heterocycles. The number of hydrogen-bond acceptors (Lipinski definition) is 2. The van der Waals surface area contributed by atoms with Gasteiger partial charge in [0.05, 0.1) is 0 Å². The molecule has 1 aromatic heterocycles. The van der Waals surface area contributed by atoms with E-state index in [9.17, 15) is 10.1 Å². The number of carbonyl (C=O) groups is 1. The maximum Gasteiger partial charge on any atom is 0.205 e. The number of allylic oxidation sites excluding steroid dienone is 1. The first kappa shape index (κ1) is 15.8. The zero-order valence-corrected chi connectivity index (χ0v) is 13.7. The number of carbonyl (C=O) groups excluding carboxylic acids is 1. The highest BCUT2D eigenvalue weighted by Crippen LogP contribution is 2.22. The van der Waals surface area contributed by atoms with E-state index in [1.54, 1.807) is 12.3 Å². The zero-order valence-electron chi connectivity index (χ0n) is 13.7. The Morgan fingerprint density at radius 2 is 1.83 bits per heavy atom. The Labute approximate surface area is 141 Å². The van der Waals surface area contributed by atoms with Crippen molar-refractivity contribution in [3.05, 3.63) is 77.0 Å². The van der Waals surface area contributed by atoms with Crippen molar-refractivity contribution in [1.82, 2.24) is 4.98 Å². The first-order valence-electron chi connectivity index (χ1n) is 7.92. The van der Waals surface area contributed by atoms with E-state index < -0.39 is 0 Å². The molecule has 0 saturated heterocycles. The van der Waals surface area contributed by atoms with Crippen molar-refractivity contribution >= 4 is 22.8 Å². The second-order valence-corrected chi connectivity index (χ2v) is 6.07.